The summed E-state index contributed by atoms with van der Waals surface area (Å²) in [6.45, 7) is 4.18. The summed E-state index contributed by atoms with van der Waals surface area (Å²) >= 11 is 0. The smallest absolute Gasteiger partial charge is 0.360 e. The van der Waals surface area contributed by atoms with Crippen LogP contribution in [0.3, 0.4) is 0 Å². The van der Waals surface area contributed by atoms with Gasteiger partial charge in [0.1, 0.15) is 24.4 Å². The highest BCUT2D eigenvalue weighted by atomic mass is 16.5. The lowest BCUT2D eigenvalue weighted by molar-refractivity contribution is 0.0471. The van der Waals surface area contributed by atoms with E-state index in [1.807, 2.05) is 37.3 Å². The lowest BCUT2D eigenvalue weighted by Crippen LogP contribution is -2.26. The Hall–Kier alpha value is -6.83. The van der Waals surface area contributed by atoms with Gasteiger partial charge in [-0.1, -0.05) is 43.3 Å². The third-order valence-electron chi connectivity index (χ3n) is 8.23. The van der Waals surface area contributed by atoms with Gasteiger partial charge in [-0.15, -0.1) is 0 Å². The number of nitrogens with zero attached hydrogens (tertiary/aromatic N) is 2. The topological polar surface area (TPSA) is 209 Å². The standard InChI is InChI=1S/C40H40N6O8/c1-4-52-40(50)32-23-53-34(45-32)20-24(2)18-19-43-37(47)27-12-15-29(31(21-27)39(49)54-22-25-8-6-5-7-9-25)30-16-17-33(51-3)46-35(30)38(48)44-28-13-10-26(11-14-28)36(41)42/h5-17,21,23-24H,4,18-20,22H2,1-3H3,(H3,41,42)(H,43,47)(H,44,48). The van der Waals surface area contributed by atoms with E-state index < -0.39 is 23.8 Å². The number of nitrogens with two attached hydrogens (primary N) is 1. The van der Waals surface area contributed by atoms with Gasteiger partial charge in [-0.25, -0.2) is 19.6 Å². The molecule has 3 aromatic carbocycles. The molecule has 2 amide bonds. The van der Waals surface area contributed by atoms with Crippen molar-refractivity contribution in [3.8, 4) is 17.0 Å². The third-order valence-corrected chi connectivity index (χ3v) is 8.23. The Morgan fingerprint density at radius 2 is 1.59 bits per heavy atom. The van der Waals surface area contributed by atoms with Gasteiger partial charge in [0.25, 0.3) is 11.8 Å². The van der Waals surface area contributed by atoms with Crippen LogP contribution in [0.1, 0.15) is 79.0 Å². The minimum absolute atomic E-state index is 0.0241. The number of benzene rings is 3. The lowest BCUT2D eigenvalue weighted by atomic mass is 9.95. The first-order chi connectivity index (χ1) is 26.1. The van der Waals surface area contributed by atoms with Gasteiger partial charge in [0.2, 0.25) is 5.88 Å². The Labute approximate surface area is 311 Å². The lowest BCUT2D eigenvalue weighted by Gasteiger charge is -2.16. The summed E-state index contributed by atoms with van der Waals surface area (Å²) in [7, 11) is 1.42. The van der Waals surface area contributed by atoms with Crippen molar-refractivity contribution in [2.75, 3.05) is 25.6 Å². The van der Waals surface area contributed by atoms with Crippen LogP contribution in [0.5, 0.6) is 5.88 Å². The maximum absolute atomic E-state index is 13.8. The average molecular weight is 733 g/mol. The summed E-state index contributed by atoms with van der Waals surface area (Å²) in [6, 6.07) is 23.3. The molecule has 0 fully saturated rings. The zero-order valence-electron chi connectivity index (χ0n) is 30.0. The van der Waals surface area contributed by atoms with Gasteiger partial charge in [-0.3, -0.25) is 15.0 Å². The molecule has 5 N–H and O–H groups in total. The predicted octanol–water partition coefficient (Wildman–Crippen LogP) is 5.81. The molecule has 2 heterocycles. The van der Waals surface area contributed by atoms with Gasteiger partial charge in [-0.2, -0.15) is 0 Å². The molecule has 0 aliphatic heterocycles. The van der Waals surface area contributed by atoms with E-state index in [9.17, 15) is 19.2 Å². The maximum atomic E-state index is 13.8. The van der Waals surface area contributed by atoms with Gasteiger partial charge in [0.05, 0.1) is 19.3 Å². The van der Waals surface area contributed by atoms with Crippen LogP contribution in [0, 0.1) is 11.3 Å². The first-order valence-corrected chi connectivity index (χ1v) is 17.1. The van der Waals surface area contributed by atoms with Crippen LogP contribution in [0.15, 0.2) is 95.6 Å². The number of anilines is 1. The van der Waals surface area contributed by atoms with Crippen molar-refractivity contribution in [1.82, 2.24) is 15.3 Å². The van der Waals surface area contributed by atoms with Crippen molar-refractivity contribution < 1.29 is 37.8 Å². The van der Waals surface area contributed by atoms with Crippen molar-refractivity contribution in [1.29, 1.82) is 5.41 Å². The third kappa shape index (κ3) is 9.94. The molecule has 0 aliphatic carbocycles. The summed E-state index contributed by atoms with van der Waals surface area (Å²) in [4.78, 5) is 61.4. The number of nitrogens with one attached hydrogen (secondary N) is 3. The number of amides is 2. The largest absolute Gasteiger partial charge is 0.481 e. The SMILES string of the molecule is CCOC(=O)c1coc(CC(C)CCNC(=O)c2ccc(-c3ccc(OC)nc3C(=O)Nc3ccc(C(=N)N)cc3)c(C(=O)OCc3ccccc3)c2)n1. The summed E-state index contributed by atoms with van der Waals surface area (Å²) in [5.41, 5.74) is 8.13. The number of methoxy groups -OCH3 is 1. The van der Waals surface area contributed by atoms with Gasteiger partial charge in [0, 0.05) is 41.4 Å². The number of esters is 2. The van der Waals surface area contributed by atoms with E-state index >= 15 is 0 Å². The molecule has 278 valence electrons. The Kier molecular flexibility index (Phi) is 12.9. The molecule has 54 heavy (non-hydrogen) atoms. The Balaban J connectivity index is 1.37. The summed E-state index contributed by atoms with van der Waals surface area (Å²) < 4.78 is 21.4. The highest BCUT2D eigenvalue weighted by Gasteiger charge is 2.24. The van der Waals surface area contributed by atoms with Crippen molar-refractivity contribution in [2.45, 2.75) is 33.3 Å². The van der Waals surface area contributed by atoms with Crippen LogP contribution in [-0.2, 0) is 22.5 Å². The molecule has 14 heteroatoms. The molecule has 5 rings (SSSR count). The molecule has 0 bridgehead atoms. The summed E-state index contributed by atoms with van der Waals surface area (Å²) in [5, 5.41) is 13.3. The number of pyridine rings is 1. The quantitative estimate of drug-likeness (QED) is 0.0540. The molecule has 0 aliphatic rings. The van der Waals surface area contributed by atoms with E-state index in [1.165, 1.54) is 19.4 Å². The van der Waals surface area contributed by atoms with Gasteiger partial charge < -0.3 is 35.0 Å². The molecular weight excluding hydrogens is 692 g/mol. The second-order valence-electron chi connectivity index (χ2n) is 12.2. The first-order valence-electron chi connectivity index (χ1n) is 17.1. The monoisotopic (exact) mass is 732 g/mol. The molecule has 0 saturated carbocycles. The number of aromatic nitrogens is 2. The molecule has 2 aromatic heterocycles. The number of nitrogen functional groups attached to an aromatic ring is 1. The molecule has 5 aromatic rings. The Bertz CT molecular complexity index is 2130. The number of amidine groups is 1. The number of rotatable bonds is 16. The van der Waals surface area contributed by atoms with Crippen LogP contribution < -0.4 is 21.1 Å². The number of ether oxygens (including phenoxy) is 3. The molecule has 1 atom stereocenters. The van der Waals surface area contributed by atoms with E-state index in [4.69, 9.17) is 29.8 Å². The first kappa shape index (κ1) is 38.4. The minimum atomic E-state index is -0.716. The van der Waals surface area contributed by atoms with E-state index in [0.717, 1.165) is 5.56 Å². The fourth-order valence-corrected chi connectivity index (χ4v) is 5.40. The van der Waals surface area contributed by atoms with E-state index in [2.05, 4.69) is 20.6 Å². The fraction of sp³-hybridized carbons (Fsp3) is 0.225. The Morgan fingerprint density at radius 3 is 2.30 bits per heavy atom. The van der Waals surface area contributed by atoms with Crippen molar-refractivity contribution in [3.63, 3.8) is 0 Å². The van der Waals surface area contributed by atoms with Gasteiger partial charge in [0.15, 0.2) is 11.6 Å². The normalized spacial score (nSPS) is 11.2. The van der Waals surface area contributed by atoms with Gasteiger partial charge >= 0.3 is 11.9 Å². The average Bonchev–Trinajstić information content (AvgIpc) is 3.65. The van der Waals surface area contributed by atoms with Crippen molar-refractivity contribution in [3.05, 3.63) is 131 Å². The minimum Gasteiger partial charge on any atom is -0.481 e. The second kappa shape index (κ2) is 18.1. The van der Waals surface area contributed by atoms with E-state index in [1.54, 1.807) is 55.5 Å². The zero-order chi connectivity index (χ0) is 38.6. The van der Waals surface area contributed by atoms with Crippen LogP contribution in [0.2, 0.25) is 0 Å². The molecule has 1 unspecified atom stereocenters. The van der Waals surface area contributed by atoms with Crippen LogP contribution in [-0.4, -0.2) is 59.8 Å². The number of hydrogen-bond acceptors (Lipinski definition) is 11. The van der Waals surface area contributed by atoms with Crippen LogP contribution in [0.4, 0.5) is 5.69 Å². The number of oxazole rings is 1. The molecule has 0 saturated heterocycles. The highest BCUT2D eigenvalue weighted by molar-refractivity contribution is 6.10. The van der Waals surface area contributed by atoms with Gasteiger partial charge in [-0.05, 0) is 72.9 Å². The van der Waals surface area contributed by atoms with Crippen molar-refractivity contribution in [2.24, 2.45) is 11.7 Å². The number of hydrogen-bond donors (Lipinski definition) is 4. The zero-order valence-corrected chi connectivity index (χ0v) is 30.0. The molecule has 0 radical (unpaired) electrons. The molecular formula is C40H40N6O8. The highest BCUT2D eigenvalue weighted by Crippen LogP contribution is 2.31. The fourth-order valence-electron chi connectivity index (χ4n) is 5.40. The molecule has 14 nitrogen and oxygen atoms in total. The second-order valence-corrected chi connectivity index (χ2v) is 12.2. The number of carbonyl (C=O) groups excluding carboxylic acids is 4. The Morgan fingerprint density at radius 1 is 0.870 bits per heavy atom. The summed E-state index contributed by atoms with van der Waals surface area (Å²) in [6.07, 6.45) is 2.28. The van der Waals surface area contributed by atoms with Crippen LogP contribution >= 0.6 is 0 Å². The van der Waals surface area contributed by atoms with E-state index in [0.29, 0.717) is 47.7 Å². The predicted molar refractivity (Wildman–Crippen MR) is 199 cm³/mol. The number of carbonyl (C=O) groups is 4. The molecule has 0 spiro atoms. The van der Waals surface area contributed by atoms with Crippen molar-refractivity contribution >= 4 is 35.3 Å². The van der Waals surface area contributed by atoms with Crippen LogP contribution in [0.25, 0.3) is 11.1 Å². The van der Waals surface area contributed by atoms with E-state index in [-0.39, 0.29) is 53.4 Å². The maximum Gasteiger partial charge on any atom is 0.360 e. The summed E-state index contributed by atoms with van der Waals surface area (Å²) in [5.74, 6) is -1.81.